The van der Waals surface area contributed by atoms with E-state index in [-0.39, 0.29) is 26.8 Å². The second-order valence-corrected chi connectivity index (χ2v) is 5.76. The normalized spacial score (nSPS) is 11.2. The van der Waals surface area contributed by atoms with Gasteiger partial charge in [0, 0.05) is 18.1 Å². The fourth-order valence-electron chi connectivity index (χ4n) is 2.15. The zero-order valence-electron chi connectivity index (χ0n) is 15.5. The van der Waals surface area contributed by atoms with Gasteiger partial charge >= 0.3 is 33.4 Å². The Morgan fingerprint density at radius 2 is 1.41 bits per heavy atom. The van der Waals surface area contributed by atoms with Crippen LogP contribution in [0.15, 0.2) is 61.1 Å². The monoisotopic (exact) mass is 631 g/mol. The maximum absolute atomic E-state index is 12.2. The van der Waals surface area contributed by atoms with Crippen LogP contribution in [0.1, 0.15) is 11.5 Å². The Hall–Kier alpha value is -3.14. The molecule has 0 amide bonds. The van der Waals surface area contributed by atoms with Gasteiger partial charge in [0.25, 0.3) is 0 Å². The van der Waals surface area contributed by atoms with Crippen molar-refractivity contribution in [2.45, 2.75) is 12.4 Å². The molecule has 0 spiro atoms. The van der Waals surface area contributed by atoms with Gasteiger partial charge in [-0.3, -0.25) is 4.98 Å². The first-order valence-electron chi connectivity index (χ1n) is 8.37. The van der Waals surface area contributed by atoms with Crippen LogP contribution in [0.3, 0.4) is 0 Å². The topological polar surface area (TPSA) is 78.5 Å². The van der Waals surface area contributed by atoms with Gasteiger partial charge in [-0.1, -0.05) is 35.7 Å². The van der Waals surface area contributed by atoms with E-state index in [1.54, 1.807) is 36.4 Å². The van der Waals surface area contributed by atoms with E-state index in [1.165, 1.54) is 12.4 Å². The number of halogens is 6. The molecule has 4 aromatic rings. The Labute approximate surface area is 191 Å². The molecule has 0 radical (unpaired) electrons. The third kappa shape index (κ3) is 6.68. The molecular formula is C19H10F6N6Pt. The van der Waals surface area contributed by atoms with Crippen LogP contribution in [-0.4, -0.2) is 25.0 Å². The van der Waals surface area contributed by atoms with Crippen molar-refractivity contribution in [2.24, 2.45) is 0 Å². The number of hydrogen-bond donors (Lipinski definition) is 0. The van der Waals surface area contributed by atoms with Gasteiger partial charge in [-0.05, 0) is 36.2 Å². The molecule has 4 aromatic heterocycles. The molecule has 0 atom stereocenters. The summed E-state index contributed by atoms with van der Waals surface area (Å²) in [6.45, 7) is 0. The van der Waals surface area contributed by atoms with Gasteiger partial charge in [0.1, 0.15) is 11.5 Å². The van der Waals surface area contributed by atoms with Crippen LogP contribution in [0, 0.1) is 6.20 Å². The number of alkyl halides is 6. The molecule has 0 fully saturated rings. The summed E-state index contributed by atoms with van der Waals surface area (Å²) in [5.74, 6) is -1.20. The van der Waals surface area contributed by atoms with Crippen LogP contribution in [0.5, 0.6) is 0 Å². The van der Waals surface area contributed by atoms with Crippen molar-refractivity contribution >= 4 is 0 Å². The zero-order valence-corrected chi connectivity index (χ0v) is 17.8. The maximum Gasteiger partial charge on any atom is 2.00 e. The Morgan fingerprint density at radius 1 is 0.781 bits per heavy atom. The molecule has 6 nitrogen and oxygen atoms in total. The number of aromatic nitrogens is 6. The van der Waals surface area contributed by atoms with E-state index in [0.29, 0.717) is 17.0 Å². The van der Waals surface area contributed by atoms with E-state index >= 15 is 0 Å². The molecular weight excluding hydrogens is 621 g/mol. The van der Waals surface area contributed by atoms with Gasteiger partial charge in [-0.15, -0.1) is 0 Å². The summed E-state index contributed by atoms with van der Waals surface area (Å²) >= 11 is 0. The van der Waals surface area contributed by atoms with Crippen molar-refractivity contribution in [3.8, 4) is 22.6 Å². The Kier molecular flexibility index (Phi) is 8.20. The van der Waals surface area contributed by atoms with E-state index in [2.05, 4.69) is 36.3 Å². The van der Waals surface area contributed by atoms with Crippen LogP contribution < -0.4 is 5.10 Å². The minimum atomic E-state index is -4.54. The van der Waals surface area contributed by atoms with E-state index < -0.39 is 23.9 Å². The molecule has 0 saturated carbocycles. The molecule has 168 valence electrons. The predicted octanol–water partition coefficient (Wildman–Crippen LogP) is 4.47. The number of rotatable bonds is 2. The van der Waals surface area contributed by atoms with Crippen molar-refractivity contribution in [1.82, 2.24) is 30.1 Å². The molecule has 4 rings (SSSR count). The third-order valence-electron chi connectivity index (χ3n) is 3.55. The van der Waals surface area contributed by atoms with Crippen LogP contribution in [0.25, 0.3) is 22.6 Å². The van der Waals surface area contributed by atoms with Crippen LogP contribution >= 0.6 is 0 Å². The van der Waals surface area contributed by atoms with Gasteiger partial charge < -0.3 is 25.1 Å². The summed E-state index contributed by atoms with van der Waals surface area (Å²) in [7, 11) is 0. The van der Waals surface area contributed by atoms with E-state index in [0.717, 1.165) is 12.3 Å². The van der Waals surface area contributed by atoms with Crippen LogP contribution in [0.4, 0.5) is 26.3 Å². The first kappa shape index (κ1) is 25.1. The van der Waals surface area contributed by atoms with Crippen LogP contribution in [0.2, 0.25) is 0 Å². The summed E-state index contributed by atoms with van der Waals surface area (Å²) in [4.78, 5) is 14.2. The summed E-state index contributed by atoms with van der Waals surface area (Å²) in [6.07, 6.45) is -2.67. The number of pyridine rings is 2. The van der Waals surface area contributed by atoms with Gasteiger partial charge in [0.05, 0.1) is 0 Å². The van der Waals surface area contributed by atoms with Gasteiger partial charge in [-0.25, -0.2) is 0 Å². The quantitative estimate of drug-likeness (QED) is 0.240. The summed E-state index contributed by atoms with van der Waals surface area (Å²) in [5, 5.41) is 6.47. The molecule has 0 aliphatic carbocycles. The average Bonchev–Trinajstić information content (AvgIpc) is 3.26. The fourth-order valence-corrected chi connectivity index (χ4v) is 2.15. The first-order valence-corrected chi connectivity index (χ1v) is 8.37. The number of hydrogen-bond acceptors (Lipinski definition) is 5. The predicted molar refractivity (Wildman–Crippen MR) is 94.9 cm³/mol. The third-order valence-corrected chi connectivity index (χ3v) is 3.55. The van der Waals surface area contributed by atoms with Crippen LogP contribution in [-0.2, 0) is 33.4 Å². The zero-order chi connectivity index (χ0) is 22.5. The number of nitrogens with zero attached hydrogens (tertiary/aromatic N) is 6. The van der Waals surface area contributed by atoms with Crippen molar-refractivity contribution in [3.63, 3.8) is 0 Å². The van der Waals surface area contributed by atoms with E-state index in [1.807, 2.05) is 0 Å². The Bertz CT molecular complexity index is 1100. The molecule has 13 heteroatoms. The van der Waals surface area contributed by atoms with Crippen molar-refractivity contribution in [1.29, 1.82) is 0 Å². The molecule has 0 unspecified atom stereocenters. The summed E-state index contributed by atoms with van der Waals surface area (Å²) in [6, 6.07) is 10.9. The second kappa shape index (κ2) is 10.4. The molecule has 0 bridgehead atoms. The molecule has 0 aliphatic rings. The minimum Gasteiger partial charge on any atom is -0.573 e. The van der Waals surface area contributed by atoms with E-state index in [9.17, 15) is 26.3 Å². The SMILES string of the molecule is FC(F)(F)c1cc(-c2ccccn2)[n-]n1.FC(F)(F)c1n[c-]c(-c2ccccn2)cn1.[Pt+2]. The molecule has 0 aliphatic heterocycles. The molecule has 4 heterocycles. The average molecular weight is 631 g/mol. The van der Waals surface area contributed by atoms with Crippen molar-refractivity contribution in [3.05, 3.63) is 78.8 Å². The van der Waals surface area contributed by atoms with Crippen molar-refractivity contribution < 1.29 is 47.4 Å². The Morgan fingerprint density at radius 3 is 1.84 bits per heavy atom. The van der Waals surface area contributed by atoms with Crippen molar-refractivity contribution in [2.75, 3.05) is 0 Å². The minimum absolute atomic E-state index is 0. The Balaban J connectivity index is 0.000000220. The molecule has 32 heavy (non-hydrogen) atoms. The van der Waals surface area contributed by atoms with Gasteiger partial charge in [0.15, 0.2) is 0 Å². The molecule has 0 N–H and O–H groups in total. The smallest absolute Gasteiger partial charge is 0.573 e. The molecule has 0 aromatic carbocycles. The van der Waals surface area contributed by atoms with Gasteiger partial charge in [0.2, 0.25) is 0 Å². The second-order valence-electron chi connectivity index (χ2n) is 5.76. The summed E-state index contributed by atoms with van der Waals surface area (Å²) < 4.78 is 73.1. The first-order chi connectivity index (χ1) is 14.6. The maximum atomic E-state index is 12.2. The fraction of sp³-hybridized carbons (Fsp3) is 0.105. The van der Waals surface area contributed by atoms with E-state index in [4.69, 9.17) is 0 Å². The summed E-state index contributed by atoms with van der Waals surface area (Å²) in [5.41, 5.74) is 0.316. The largest absolute Gasteiger partial charge is 2.00 e. The standard InChI is InChI=1S/C10H5F3N3.C9H5F3N3.Pt/c11-10(12,13)9-15-5-7(6-16-9)8-3-1-2-4-14-8;10-9(11,12)8-5-7(14-15-8)6-3-1-2-4-13-6;/h1-5H;1-5H;/q2*-1;+2. The molecule has 0 saturated heterocycles. The van der Waals surface area contributed by atoms with Gasteiger partial charge in [-0.2, -0.15) is 26.3 Å².